The molecule has 2 aromatic carbocycles. The van der Waals surface area contributed by atoms with E-state index in [1.165, 1.54) is 12.1 Å². The molecular weight excluding hydrogens is 385 g/mol. The Balaban J connectivity index is 1.55. The van der Waals surface area contributed by atoms with Crippen LogP contribution < -0.4 is 10.6 Å². The number of halogens is 1. The van der Waals surface area contributed by atoms with Gasteiger partial charge in [0, 0.05) is 35.8 Å². The summed E-state index contributed by atoms with van der Waals surface area (Å²) in [5.41, 5.74) is 3.47. The Morgan fingerprint density at radius 3 is 2.70 bits per heavy atom. The van der Waals surface area contributed by atoms with E-state index in [1.54, 1.807) is 30.1 Å². The SMILES string of the molecule is Cc1c([C@H](NC(=O)Nc2ccc3c(c2)C(=O)N(C)C3)C(C)C)oc2ccc(F)cc12. The fourth-order valence-corrected chi connectivity index (χ4v) is 3.88. The number of anilines is 1. The number of carbonyl (C=O) groups excluding carboxylic acids is 2. The molecule has 0 unspecified atom stereocenters. The van der Waals surface area contributed by atoms with E-state index in [4.69, 9.17) is 4.42 Å². The highest BCUT2D eigenvalue weighted by atomic mass is 19.1. The largest absolute Gasteiger partial charge is 0.459 e. The molecule has 6 nitrogen and oxygen atoms in total. The van der Waals surface area contributed by atoms with Crippen LogP contribution in [0.5, 0.6) is 0 Å². The van der Waals surface area contributed by atoms with E-state index >= 15 is 0 Å². The first-order valence-electron chi connectivity index (χ1n) is 9.89. The standard InChI is InChI=1S/C23H24FN3O3/c1-12(2)20(21-13(3)17-9-15(24)6-8-19(17)30-21)26-23(29)25-16-7-5-14-11-27(4)22(28)18(14)10-16/h5-10,12,20H,11H2,1-4H3,(H2,25,26,29)/t20-/m1/s1. The first kappa shape index (κ1) is 19.9. The van der Waals surface area contributed by atoms with Crippen molar-refractivity contribution >= 4 is 28.6 Å². The number of nitrogens with zero attached hydrogens (tertiary/aromatic N) is 1. The van der Waals surface area contributed by atoms with Crippen LogP contribution in [0.2, 0.25) is 0 Å². The molecular formula is C23H24FN3O3. The Bertz CT molecular complexity index is 1150. The minimum atomic E-state index is -0.404. The lowest BCUT2D eigenvalue weighted by atomic mass is 9.98. The third kappa shape index (κ3) is 3.51. The number of rotatable bonds is 4. The summed E-state index contributed by atoms with van der Waals surface area (Å²) in [6.45, 7) is 6.38. The van der Waals surface area contributed by atoms with Crippen molar-refractivity contribution in [3.8, 4) is 0 Å². The minimum Gasteiger partial charge on any atom is -0.459 e. The Labute approximate surface area is 174 Å². The topological polar surface area (TPSA) is 74.6 Å². The molecule has 0 bridgehead atoms. The van der Waals surface area contributed by atoms with Gasteiger partial charge in [0.25, 0.3) is 5.91 Å². The van der Waals surface area contributed by atoms with Crippen LogP contribution in [0.1, 0.15) is 47.1 Å². The van der Waals surface area contributed by atoms with Gasteiger partial charge in [-0.2, -0.15) is 0 Å². The number of benzene rings is 2. The van der Waals surface area contributed by atoms with E-state index in [0.717, 1.165) is 11.1 Å². The van der Waals surface area contributed by atoms with Crippen molar-refractivity contribution in [3.63, 3.8) is 0 Å². The third-order valence-electron chi connectivity index (χ3n) is 5.52. The lowest BCUT2D eigenvalue weighted by molar-refractivity contribution is 0.0816. The smallest absolute Gasteiger partial charge is 0.319 e. The summed E-state index contributed by atoms with van der Waals surface area (Å²) < 4.78 is 19.6. The Kier molecular flexibility index (Phi) is 4.97. The molecule has 2 N–H and O–H groups in total. The molecule has 0 spiro atoms. The Morgan fingerprint density at radius 2 is 1.97 bits per heavy atom. The Hall–Kier alpha value is -3.35. The summed E-state index contributed by atoms with van der Waals surface area (Å²) in [7, 11) is 1.75. The molecule has 156 valence electrons. The zero-order valence-corrected chi connectivity index (χ0v) is 17.4. The van der Waals surface area contributed by atoms with E-state index in [1.807, 2.05) is 26.8 Å². The van der Waals surface area contributed by atoms with Gasteiger partial charge in [-0.1, -0.05) is 19.9 Å². The molecule has 3 amide bonds. The molecule has 1 aromatic heterocycles. The predicted molar refractivity (Wildman–Crippen MR) is 113 cm³/mol. The summed E-state index contributed by atoms with van der Waals surface area (Å²) in [6.07, 6.45) is 0. The lowest BCUT2D eigenvalue weighted by Crippen LogP contribution is -2.35. The zero-order valence-electron chi connectivity index (χ0n) is 17.4. The van der Waals surface area contributed by atoms with Gasteiger partial charge in [0.2, 0.25) is 0 Å². The molecule has 2 heterocycles. The van der Waals surface area contributed by atoms with Gasteiger partial charge in [0.15, 0.2) is 0 Å². The summed E-state index contributed by atoms with van der Waals surface area (Å²) in [6, 6.07) is 8.91. The monoisotopic (exact) mass is 409 g/mol. The first-order valence-corrected chi connectivity index (χ1v) is 9.89. The first-order chi connectivity index (χ1) is 14.2. The highest BCUT2D eigenvalue weighted by Gasteiger charge is 2.27. The molecule has 1 aliphatic heterocycles. The second-order valence-corrected chi connectivity index (χ2v) is 8.09. The van der Waals surface area contributed by atoms with E-state index in [0.29, 0.717) is 34.5 Å². The van der Waals surface area contributed by atoms with Gasteiger partial charge in [-0.25, -0.2) is 9.18 Å². The number of aryl methyl sites for hydroxylation is 1. The molecule has 0 aliphatic carbocycles. The molecule has 0 fully saturated rings. The van der Waals surface area contributed by atoms with Gasteiger partial charge in [0.05, 0.1) is 6.04 Å². The van der Waals surface area contributed by atoms with Crippen LogP contribution in [-0.2, 0) is 6.54 Å². The minimum absolute atomic E-state index is 0.0371. The van der Waals surface area contributed by atoms with Crippen LogP contribution in [0.25, 0.3) is 11.0 Å². The van der Waals surface area contributed by atoms with Gasteiger partial charge < -0.3 is 20.0 Å². The molecule has 0 saturated carbocycles. The van der Waals surface area contributed by atoms with Crippen molar-refractivity contribution < 1.29 is 18.4 Å². The maximum Gasteiger partial charge on any atom is 0.319 e. The van der Waals surface area contributed by atoms with Gasteiger partial charge in [-0.3, -0.25) is 4.79 Å². The number of nitrogens with one attached hydrogen (secondary N) is 2. The maximum absolute atomic E-state index is 13.6. The summed E-state index contributed by atoms with van der Waals surface area (Å²) >= 11 is 0. The van der Waals surface area contributed by atoms with E-state index in [2.05, 4.69) is 10.6 Å². The van der Waals surface area contributed by atoms with Crippen LogP contribution >= 0.6 is 0 Å². The average molecular weight is 409 g/mol. The molecule has 1 aliphatic rings. The number of amides is 3. The highest BCUT2D eigenvalue weighted by molar-refractivity contribution is 6.00. The quantitative estimate of drug-likeness (QED) is 0.638. The van der Waals surface area contributed by atoms with Crippen molar-refractivity contribution in [2.75, 3.05) is 12.4 Å². The summed E-state index contributed by atoms with van der Waals surface area (Å²) in [5, 5.41) is 6.45. The van der Waals surface area contributed by atoms with Crippen molar-refractivity contribution in [1.29, 1.82) is 0 Å². The maximum atomic E-state index is 13.6. The van der Waals surface area contributed by atoms with Crippen molar-refractivity contribution in [2.45, 2.75) is 33.4 Å². The van der Waals surface area contributed by atoms with Crippen LogP contribution in [0, 0.1) is 18.7 Å². The number of carbonyl (C=O) groups is 2. The number of hydrogen-bond donors (Lipinski definition) is 2. The van der Waals surface area contributed by atoms with E-state index < -0.39 is 12.1 Å². The fourth-order valence-electron chi connectivity index (χ4n) is 3.88. The van der Waals surface area contributed by atoms with Gasteiger partial charge in [-0.05, 0) is 48.7 Å². The normalized spacial score (nSPS) is 14.3. The number of fused-ring (bicyclic) bond motifs is 2. The Morgan fingerprint density at radius 1 is 1.20 bits per heavy atom. The number of urea groups is 1. The second-order valence-electron chi connectivity index (χ2n) is 8.09. The van der Waals surface area contributed by atoms with Crippen molar-refractivity contribution in [3.05, 3.63) is 64.7 Å². The average Bonchev–Trinajstić information content (AvgIpc) is 3.16. The van der Waals surface area contributed by atoms with E-state index in [9.17, 15) is 14.0 Å². The van der Waals surface area contributed by atoms with Crippen LogP contribution in [0.3, 0.4) is 0 Å². The fraction of sp³-hybridized carbons (Fsp3) is 0.304. The number of hydrogen-bond acceptors (Lipinski definition) is 3. The summed E-state index contributed by atoms with van der Waals surface area (Å²) in [4.78, 5) is 26.5. The lowest BCUT2D eigenvalue weighted by Gasteiger charge is -2.21. The van der Waals surface area contributed by atoms with Crippen LogP contribution in [-0.4, -0.2) is 23.9 Å². The third-order valence-corrected chi connectivity index (χ3v) is 5.52. The zero-order chi connectivity index (χ0) is 21.6. The van der Waals surface area contributed by atoms with Crippen LogP contribution in [0.15, 0.2) is 40.8 Å². The van der Waals surface area contributed by atoms with Gasteiger partial charge >= 0.3 is 6.03 Å². The molecule has 3 aromatic rings. The van der Waals surface area contributed by atoms with Gasteiger partial charge in [-0.15, -0.1) is 0 Å². The molecule has 1 atom stereocenters. The molecule has 0 saturated heterocycles. The molecule has 4 rings (SSSR count). The molecule has 0 radical (unpaired) electrons. The molecule has 7 heteroatoms. The van der Waals surface area contributed by atoms with Gasteiger partial charge in [0.1, 0.15) is 17.2 Å². The van der Waals surface area contributed by atoms with Crippen molar-refractivity contribution in [1.82, 2.24) is 10.2 Å². The summed E-state index contributed by atoms with van der Waals surface area (Å²) in [5.74, 6) is 0.252. The number of furan rings is 1. The van der Waals surface area contributed by atoms with E-state index in [-0.39, 0.29) is 17.6 Å². The predicted octanol–water partition coefficient (Wildman–Crippen LogP) is 4.98. The highest BCUT2D eigenvalue weighted by Crippen LogP contribution is 2.33. The van der Waals surface area contributed by atoms with Crippen molar-refractivity contribution in [2.24, 2.45) is 5.92 Å². The molecule has 30 heavy (non-hydrogen) atoms. The van der Waals surface area contributed by atoms with Crippen LogP contribution in [0.4, 0.5) is 14.9 Å². The second kappa shape index (κ2) is 7.48.